The van der Waals surface area contributed by atoms with Gasteiger partial charge in [-0.05, 0) is 48.9 Å². The second-order valence-electron chi connectivity index (χ2n) is 5.05. The number of aliphatic hydroxyl groups is 1. The Labute approximate surface area is 122 Å². The summed E-state index contributed by atoms with van der Waals surface area (Å²) < 4.78 is 2.91. The summed E-state index contributed by atoms with van der Waals surface area (Å²) in [7, 11) is 1.90. The van der Waals surface area contributed by atoms with Gasteiger partial charge in [0.2, 0.25) is 0 Å². The van der Waals surface area contributed by atoms with Gasteiger partial charge in [0.05, 0.1) is 12.3 Å². The van der Waals surface area contributed by atoms with Crippen molar-refractivity contribution >= 4 is 15.9 Å². The van der Waals surface area contributed by atoms with Gasteiger partial charge in [0.1, 0.15) is 0 Å². The van der Waals surface area contributed by atoms with E-state index in [0.29, 0.717) is 6.42 Å². The average molecular weight is 323 g/mol. The van der Waals surface area contributed by atoms with Crippen molar-refractivity contribution in [1.29, 1.82) is 0 Å². The molecule has 1 aromatic heterocycles. The molecule has 1 heterocycles. The lowest BCUT2D eigenvalue weighted by molar-refractivity contribution is 0.167. The van der Waals surface area contributed by atoms with Gasteiger partial charge in [-0.3, -0.25) is 4.68 Å². The quantitative estimate of drug-likeness (QED) is 0.936. The van der Waals surface area contributed by atoms with Crippen LogP contribution in [0.25, 0.3) is 0 Å². The molecule has 4 heteroatoms. The molecule has 1 atom stereocenters. The maximum absolute atomic E-state index is 10.3. The zero-order valence-corrected chi connectivity index (χ0v) is 13.1. The highest BCUT2D eigenvalue weighted by Crippen LogP contribution is 2.27. The summed E-state index contributed by atoms with van der Waals surface area (Å²) >= 11 is 3.55. The number of rotatable bonds is 4. The fraction of sp³-hybridized carbons (Fsp3) is 0.400. The van der Waals surface area contributed by atoms with Gasteiger partial charge >= 0.3 is 0 Å². The molecule has 0 amide bonds. The third-order valence-electron chi connectivity index (χ3n) is 3.31. The molecule has 0 fully saturated rings. The Bertz CT molecular complexity index is 554. The smallest absolute Gasteiger partial charge is 0.0793 e. The molecule has 102 valence electrons. The van der Waals surface area contributed by atoms with Gasteiger partial charge in [-0.1, -0.05) is 28.1 Å². The van der Waals surface area contributed by atoms with Crippen molar-refractivity contribution in [3.8, 4) is 0 Å². The van der Waals surface area contributed by atoms with Crippen LogP contribution >= 0.6 is 15.9 Å². The molecule has 0 saturated heterocycles. The van der Waals surface area contributed by atoms with E-state index in [1.165, 1.54) is 0 Å². The maximum atomic E-state index is 10.3. The van der Waals surface area contributed by atoms with Crippen LogP contribution in [0.4, 0.5) is 0 Å². The fourth-order valence-electron chi connectivity index (χ4n) is 2.24. The average Bonchev–Trinajstić information content (AvgIpc) is 2.78. The lowest BCUT2D eigenvalue weighted by atomic mass is 9.99. The molecule has 0 bridgehead atoms. The van der Waals surface area contributed by atoms with Crippen molar-refractivity contribution in [3.05, 3.63) is 51.3 Å². The van der Waals surface area contributed by atoms with Crippen molar-refractivity contribution in [2.45, 2.75) is 32.8 Å². The van der Waals surface area contributed by atoms with Crippen LogP contribution < -0.4 is 0 Å². The number of aryl methyl sites for hydroxylation is 4. The minimum atomic E-state index is -0.425. The molecule has 0 radical (unpaired) electrons. The van der Waals surface area contributed by atoms with Crippen LogP contribution in [0, 0.1) is 13.8 Å². The summed E-state index contributed by atoms with van der Waals surface area (Å²) in [6.45, 7) is 4.10. The van der Waals surface area contributed by atoms with Crippen molar-refractivity contribution in [1.82, 2.24) is 9.78 Å². The predicted molar refractivity (Wildman–Crippen MR) is 80.1 cm³/mol. The minimum Gasteiger partial charge on any atom is -0.388 e. The van der Waals surface area contributed by atoms with Gasteiger partial charge in [-0.25, -0.2) is 0 Å². The minimum absolute atomic E-state index is 0.425. The topological polar surface area (TPSA) is 38.1 Å². The first-order valence-corrected chi connectivity index (χ1v) is 7.19. The number of benzene rings is 1. The number of nitrogens with zero attached hydrogens (tertiary/aromatic N) is 2. The van der Waals surface area contributed by atoms with Crippen molar-refractivity contribution in [2.75, 3.05) is 0 Å². The molecule has 0 aliphatic heterocycles. The Kier molecular flexibility index (Phi) is 4.42. The van der Waals surface area contributed by atoms with E-state index in [9.17, 15) is 5.11 Å². The van der Waals surface area contributed by atoms with Crippen molar-refractivity contribution < 1.29 is 5.11 Å². The third-order valence-corrected chi connectivity index (χ3v) is 4.56. The normalized spacial score (nSPS) is 12.7. The van der Waals surface area contributed by atoms with E-state index in [-0.39, 0.29) is 0 Å². The van der Waals surface area contributed by atoms with Gasteiger partial charge in [0, 0.05) is 17.7 Å². The molecule has 2 aromatic rings. The number of hydrogen-bond donors (Lipinski definition) is 1. The molecule has 0 aliphatic carbocycles. The van der Waals surface area contributed by atoms with Crippen molar-refractivity contribution in [3.63, 3.8) is 0 Å². The molecule has 1 unspecified atom stereocenters. The Balaban J connectivity index is 2.05. The van der Waals surface area contributed by atoms with Crippen LogP contribution in [-0.4, -0.2) is 14.9 Å². The summed E-state index contributed by atoms with van der Waals surface area (Å²) in [5.41, 5.74) is 4.47. The Hall–Kier alpha value is -1.13. The standard InChI is InChI=1S/C15H19BrN2O/c1-10-6-13(7-11(2)15(10)16)14(19)5-4-12-8-17-18(3)9-12/h6-9,14,19H,4-5H2,1-3H3. The Morgan fingerprint density at radius 1 is 1.32 bits per heavy atom. The van der Waals surface area contributed by atoms with Crippen LogP contribution in [0.1, 0.15) is 34.8 Å². The molecule has 3 nitrogen and oxygen atoms in total. The number of halogens is 1. The van der Waals surface area contributed by atoms with Gasteiger partial charge in [-0.15, -0.1) is 0 Å². The summed E-state index contributed by atoms with van der Waals surface area (Å²) in [5.74, 6) is 0. The highest BCUT2D eigenvalue weighted by molar-refractivity contribution is 9.10. The highest BCUT2D eigenvalue weighted by atomic mass is 79.9. The maximum Gasteiger partial charge on any atom is 0.0793 e. The van der Waals surface area contributed by atoms with E-state index in [1.54, 1.807) is 4.68 Å². The summed E-state index contributed by atoms with van der Waals surface area (Å²) in [4.78, 5) is 0. The second kappa shape index (κ2) is 5.88. The number of hydrogen-bond acceptors (Lipinski definition) is 2. The summed E-state index contributed by atoms with van der Waals surface area (Å²) in [6, 6.07) is 4.09. The second-order valence-corrected chi connectivity index (χ2v) is 5.84. The molecule has 19 heavy (non-hydrogen) atoms. The van der Waals surface area contributed by atoms with Gasteiger partial charge in [0.25, 0.3) is 0 Å². The zero-order chi connectivity index (χ0) is 14.0. The predicted octanol–water partition coefficient (Wildman–Crippen LogP) is 3.47. The molecule has 2 rings (SSSR count). The van der Waals surface area contributed by atoms with E-state index < -0.39 is 6.10 Å². The van der Waals surface area contributed by atoms with Crippen LogP contribution in [0.5, 0.6) is 0 Å². The van der Waals surface area contributed by atoms with E-state index in [2.05, 4.69) is 34.9 Å². The van der Waals surface area contributed by atoms with Gasteiger partial charge in [-0.2, -0.15) is 5.10 Å². The first kappa shape index (κ1) is 14.3. The summed E-state index contributed by atoms with van der Waals surface area (Å²) in [6.07, 6.45) is 4.97. The van der Waals surface area contributed by atoms with E-state index >= 15 is 0 Å². The third kappa shape index (κ3) is 3.45. The van der Waals surface area contributed by atoms with Gasteiger partial charge < -0.3 is 5.11 Å². The molecule has 0 saturated carbocycles. The number of aliphatic hydroxyl groups excluding tert-OH is 1. The van der Waals surface area contributed by atoms with Crippen LogP contribution in [0.3, 0.4) is 0 Å². The van der Waals surface area contributed by atoms with Crippen LogP contribution in [-0.2, 0) is 13.5 Å². The first-order chi connectivity index (χ1) is 8.97. The van der Waals surface area contributed by atoms with E-state index in [4.69, 9.17) is 0 Å². The lowest BCUT2D eigenvalue weighted by Gasteiger charge is -2.13. The van der Waals surface area contributed by atoms with E-state index in [1.807, 2.05) is 31.6 Å². The molecular formula is C15H19BrN2O. The zero-order valence-electron chi connectivity index (χ0n) is 11.5. The van der Waals surface area contributed by atoms with Crippen LogP contribution in [0.15, 0.2) is 29.0 Å². The van der Waals surface area contributed by atoms with Gasteiger partial charge in [0.15, 0.2) is 0 Å². The monoisotopic (exact) mass is 322 g/mol. The molecule has 0 spiro atoms. The molecule has 0 aliphatic rings. The fourth-order valence-corrected chi connectivity index (χ4v) is 2.47. The Morgan fingerprint density at radius 2 is 1.95 bits per heavy atom. The number of aromatic nitrogens is 2. The SMILES string of the molecule is Cc1cc(C(O)CCc2cnn(C)c2)cc(C)c1Br. The van der Waals surface area contributed by atoms with E-state index in [0.717, 1.165) is 33.1 Å². The highest BCUT2D eigenvalue weighted by Gasteiger charge is 2.11. The summed E-state index contributed by atoms with van der Waals surface area (Å²) in [5, 5.41) is 14.4. The first-order valence-electron chi connectivity index (χ1n) is 6.39. The molecule has 1 N–H and O–H groups in total. The molecule has 1 aromatic carbocycles. The van der Waals surface area contributed by atoms with Crippen LogP contribution in [0.2, 0.25) is 0 Å². The largest absolute Gasteiger partial charge is 0.388 e. The molecular weight excluding hydrogens is 304 g/mol. The lowest BCUT2D eigenvalue weighted by Crippen LogP contribution is -2.01. The Morgan fingerprint density at radius 3 is 2.47 bits per heavy atom. The van der Waals surface area contributed by atoms with Crippen molar-refractivity contribution in [2.24, 2.45) is 7.05 Å².